The van der Waals surface area contributed by atoms with E-state index in [0.717, 1.165) is 28.0 Å². The molecule has 0 aliphatic carbocycles. The van der Waals surface area contributed by atoms with Gasteiger partial charge in [-0.15, -0.1) is 36.6 Å². The van der Waals surface area contributed by atoms with E-state index < -0.39 is 0 Å². The van der Waals surface area contributed by atoms with Crippen molar-refractivity contribution in [3.8, 4) is 0 Å². The summed E-state index contributed by atoms with van der Waals surface area (Å²) in [5.41, 5.74) is 8.82. The molecule has 0 saturated heterocycles. The summed E-state index contributed by atoms with van der Waals surface area (Å²) >= 11 is 8.03. The van der Waals surface area contributed by atoms with Gasteiger partial charge in [0.05, 0.1) is 27.9 Å². The standard InChI is InChI=1S/C16H14ClN5OS.2ClH/c17-11-5-9-12(18)2-4-24-14(9)6-8(11)16(23)21-13-1-3-19-15-10(13)7-20-22-15;;/h1,3,5-7,12H,2,4,18H2,(H2,19,20,21,22,23);2*1H/t12-;;/m0../s1. The molecule has 0 fully saturated rings. The Morgan fingerprint density at radius 1 is 1.38 bits per heavy atom. The lowest BCUT2D eigenvalue weighted by Crippen LogP contribution is -2.18. The summed E-state index contributed by atoms with van der Waals surface area (Å²) in [6.45, 7) is 0. The first-order chi connectivity index (χ1) is 11.6. The minimum absolute atomic E-state index is 0. The fourth-order valence-corrected chi connectivity index (χ4v) is 4.19. The highest BCUT2D eigenvalue weighted by atomic mass is 35.5. The first-order valence-electron chi connectivity index (χ1n) is 7.45. The van der Waals surface area contributed by atoms with Crippen LogP contribution in [0.5, 0.6) is 0 Å². The van der Waals surface area contributed by atoms with Crippen LogP contribution in [-0.2, 0) is 0 Å². The number of aromatic nitrogens is 3. The number of nitrogens with zero attached hydrogens (tertiary/aromatic N) is 2. The molecule has 138 valence electrons. The highest BCUT2D eigenvalue weighted by molar-refractivity contribution is 7.99. The molecule has 0 spiro atoms. The average molecular weight is 433 g/mol. The largest absolute Gasteiger partial charge is 0.324 e. The molecule has 0 unspecified atom stereocenters. The van der Waals surface area contributed by atoms with Crippen LogP contribution in [0.1, 0.15) is 28.4 Å². The van der Waals surface area contributed by atoms with Crippen LogP contribution in [0.15, 0.2) is 35.5 Å². The van der Waals surface area contributed by atoms with Crippen molar-refractivity contribution in [2.24, 2.45) is 5.73 Å². The van der Waals surface area contributed by atoms with Crippen LogP contribution in [0, 0.1) is 0 Å². The molecule has 3 heterocycles. The van der Waals surface area contributed by atoms with E-state index in [0.29, 0.717) is 21.9 Å². The van der Waals surface area contributed by atoms with Gasteiger partial charge in [-0.25, -0.2) is 4.98 Å². The summed E-state index contributed by atoms with van der Waals surface area (Å²) in [6.07, 6.45) is 4.15. The van der Waals surface area contributed by atoms with Gasteiger partial charge in [0.25, 0.3) is 5.91 Å². The lowest BCUT2D eigenvalue weighted by Gasteiger charge is -2.22. The maximum atomic E-state index is 12.7. The van der Waals surface area contributed by atoms with Gasteiger partial charge in [0.2, 0.25) is 0 Å². The Morgan fingerprint density at radius 2 is 2.19 bits per heavy atom. The van der Waals surface area contributed by atoms with E-state index in [1.807, 2.05) is 12.1 Å². The fraction of sp³-hybridized carbons (Fsp3) is 0.188. The number of hydrogen-bond donors (Lipinski definition) is 3. The molecule has 6 nitrogen and oxygen atoms in total. The Morgan fingerprint density at radius 3 is 3.00 bits per heavy atom. The molecule has 0 saturated carbocycles. The molecular weight excluding hydrogens is 417 g/mol. The van der Waals surface area contributed by atoms with Crippen LogP contribution in [0.25, 0.3) is 11.0 Å². The maximum Gasteiger partial charge on any atom is 0.257 e. The molecule has 0 radical (unpaired) electrons. The summed E-state index contributed by atoms with van der Waals surface area (Å²) in [5, 5.41) is 10.8. The van der Waals surface area contributed by atoms with Crippen LogP contribution >= 0.6 is 48.2 Å². The number of rotatable bonds is 2. The zero-order valence-corrected chi connectivity index (χ0v) is 16.6. The summed E-state index contributed by atoms with van der Waals surface area (Å²) < 4.78 is 0. The monoisotopic (exact) mass is 431 g/mol. The van der Waals surface area contributed by atoms with Crippen molar-refractivity contribution in [2.45, 2.75) is 17.4 Å². The molecule has 4 N–H and O–H groups in total. The number of fused-ring (bicyclic) bond motifs is 2. The average Bonchev–Trinajstić information content (AvgIpc) is 3.05. The smallest absolute Gasteiger partial charge is 0.257 e. The minimum Gasteiger partial charge on any atom is -0.324 e. The second kappa shape index (κ2) is 8.45. The molecule has 1 aliphatic rings. The molecule has 1 amide bonds. The Kier molecular flexibility index (Phi) is 6.76. The number of H-pyrrole nitrogens is 1. The Balaban J connectivity index is 0.00000121. The molecule has 1 atom stereocenters. The number of carbonyl (C=O) groups excluding carboxylic acids is 1. The van der Waals surface area contributed by atoms with Gasteiger partial charge >= 0.3 is 0 Å². The lowest BCUT2D eigenvalue weighted by atomic mass is 10.0. The lowest BCUT2D eigenvalue weighted by molar-refractivity contribution is 0.102. The molecule has 10 heteroatoms. The Hall–Kier alpha value is -1.51. The number of benzene rings is 1. The van der Waals surface area contributed by atoms with Gasteiger partial charge in [0.1, 0.15) is 0 Å². The third-order valence-corrected chi connectivity index (χ3v) is 5.45. The number of nitrogens with two attached hydrogens (primary N) is 1. The number of amides is 1. The maximum absolute atomic E-state index is 12.7. The number of anilines is 1. The van der Waals surface area contributed by atoms with Crippen molar-refractivity contribution in [1.29, 1.82) is 0 Å². The van der Waals surface area contributed by atoms with E-state index in [2.05, 4.69) is 20.5 Å². The summed E-state index contributed by atoms with van der Waals surface area (Å²) in [4.78, 5) is 17.9. The van der Waals surface area contributed by atoms with Crippen molar-refractivity contribution in [3.05, 3.63) is 46.7 Å². The molecule has 26 heavy (non-hydrogen) atoms. The molecule has 1 aromatic carbocycles. The topological polar surface area (TPSA) is 96.7 Å². The van der Waals surface area contributed by atoms with E-state index in [9.17, 15) is 4.79 Å². The minimum atomic E-state index is -0.267. The van der Waals surface area contributed by atoms with Gasteiger partial charge in [0, 0.05) is 17.1 Å². The first kappa shape index (κ1) is 20.8. The van der Waals surface area contributed by atoms with Gasteiger partial charge in [-0.3, -0.25) is 9.89 Å². The van der Waals surface area contributed by atoms with Crippen molar-refractivity contribution in [1.82, 2.24) is 15.2 Å². The van der Waals surface area contributed by atoms with Crippen LogP contribution in [-0.4, -0.2) is 26.8 Å². The fourth-order valence-electron chi connectivity index (χ4n) is 2.76. The van der Waals surface area contributed by atoms with Gasteiger partial charge in [-0.05, 0) is 35.9 Å². The predicted octanol–water partition coefficient (Wildman–Crippen LogP) is 4.20. The van der Waals surface area contributed by atoms with Crippen molar-refractivity contribution in [3.63, 3.8) is 0 Å². The van der Waals surface area contributed by atoms with Gasteiger partial charge in [-0.2, -0.15) is 5.10 Å². The number of thioether (sulfide) groups is 1. The molecule has 3 aromatic rings. The Labute approximate surface area is 171 Å². The number of nitrogens with one attached hydrogen (secondary N) is 2. The van der Waals surface area contributed by atoms with E-state index >= 15 is 0 Å². The van der Waals surface area contributed by atoms with E-state index in [1.54, 1.807) is 30.2 Å². The number of aromatic amines is 1. The highest BCUT2D eigenvalue weighted by Gasteiger charge is 2.22. The van der Waals surface area contributed by atoms with E-state index in [4.69, 9.17) is 17.3 Å². The first-order valence-corrected chi connectivity index (χ1v) is 8.81. The Bertz CT molecular complexity index is 949. The van der Waals surface area contributed by atoms with Crippen molar-refractivity contribution >= 4 is 70.8 Å². The number of hydrogen-bond acceptors (Lipinski definition) is 5. The van der Waals surface area contributed by atoms with Gasteiger partial charge in [0.15, 0.2) is 5.65 Å². The summed E-state index contributed by atoms with van der Waals surface area (Å²) in [7, 11) is 0. The van der Waals surface area contributed by atoms with Crippen LogP contribution in [0.3, 0.4) is 0 Å². The molecule has 0 bridgehead atoms. The van der Waals surface area contributed by atoms with Crippen molar-refractivity contribution < 1.29 is 4.79 Å². The number of carbonyl (C=O) groups is 1. The van der Waals surface area contributed by atoms with Gasteiger partial charge < -0.3 is 11.1 Å². The highest BCUT2D eigenvalue weighted by Crippen LogP contribution is 2.38. The summed E-state index contributed by atoms with van der Waals surface area (Å²) in [6, 6.07) is 5.33. The third kappa shape index (κ3) is 3.77. The number of pyridine rings is 1. The van der Waals surface area contributed by atoms with E-state index in [-0.39, 0.29) is 36.8 Å². The van der Waals surface area contributed by atoms with Crippen LogP contribution in [0.4, 0.5) is 5.69 Å². The second-order valence-corrected chi connectivity index (χ2v) is 7.10. The predicted molar refractivity (Wildman–Crippen MR) is 110 cm³/mol. The molecule has 1 aliphatic heterocycles. The number of halogens is 3. The SMILES string of the molecule is Cl.Cl.N[C@H]1CCSc2cc(C(=O)Nc3ccnc4[nH]ncc34)c(Cl)cc21. The summed E-state index contributed by atoms with van der Waals surface area (Å²) in [5.74, 6) is 0.674. The van der Waals surface area contributed by atoms with Crippen molar-refractivity contribution in [2.75, 3.05) is 11.1 Å². The quantitative estimate of drug-likeness (QED) is 0.564. The van der Waals surface area contributed by atoms with Gasteiger partial charge in [-0.1, -0.05) is 11.6 Å². The normalized spacial score (nSPS) is 15.5. The van der Waals surface area contributed by atoms with Crippen LogP contribution < -0.4 is 11.1 Å². The third-order valence-electron chi connectivity index (χ3n) is 4.03. The van der Waals surface area contributed by atoms with Crippen LogP contribution in [0.2, 0.25) is 5.02 Å². The van der Waals surface area contributed by atoms with E-state index in [1.165, 1.54) is 0 Å². The molecule has 2 aromatic heterocycles. The zero-order chi connectivity index (χ0) is 16.7. The zero-order valence-electron chi connectivity index (χ0n) is 13.4. The second-order valence-electron chi connectivity index (χ2n) is 5.56. The molecule has 4 rings (SSSR count). The molecular formula is C16H16Cl3N5OS.